The van der Waals surface area contributed by atoms with Gasteiger partial charge in [-0.15, -0.1) is 0 Å². The fraction of sp³-hybridized carbons (Fsp3) is 0. The number of carbonyl (C=O) groups is 1. The van der Waals surface area contributed by atoms with Crippen LogP contribution in [-0.2, 0) is 0 Å². The lowest BCUT2D eigenvalue weighted by molar-refractivity contribution is 0.102. The van der Waals surface area contributed by atoms with Gasteiger partial charge in [0.25, 0.3) is 5.91 Å². The minimum Gasteiger partial charge on any atom is -0.321 e. The molecule has 0 saturated heterocycles. The third kappa shape index (κ3) is 3.26. The van der Waals surface area contributed by atoms with Crippen molar-refractivity contribution in [2.45, 2.75) is 0 Å². The number of pyridine rings is 1. The van der Waals surface area contributed by atoms with Gasteiger partial charge in [-0.05, 0) is 68.9 Å². The Balaban J connectivity index is 2.18. The van der Waals surface area contributed by atoms with Gasteiger partial charge >= 0.3 is 0 Å². The highest BCUT2D eigenvalue weighted by atomic mass is 127. The van der Waals surface area contributed by atoms with Gasteiger partial charge < -0.3 is 5.32 Å². The van der Waals surface area contributed by atoms with Crippen molar-refractivity contribution in [3.05, 3.63) is 56.1 Å². The zero-order valence-corrected chi connectivity index (χ0v) is 12.7. The second-order valence-corrected chi connectivity index (χ2v) is 5.45. The predicted molar refractivity (Wildman–Crippen MR) is 79.0 cm³/mol. The maximum Gasteiger partial charge on any atom is 0.274 e. The minimum absolute atomic E-state index is 0.0490. The van der Waals surface area contributed by atoms with Crippen LogP contribution in [0.25, 0.3) is 0 Å². The van der Waals surface area contributed by atoms with E-state index in [1.807, 2.05) is 12.1 Å². The number of rotatable bonds is 2. The largest absolute Gasteiger partial charge is 0.321 e. The number of amides is 1. The topological polar surface area (TPSA) is 42.0 Å². The highest BCUT2D eigenvalue weighted by Gasteiger charge is 2.09. The second-order valence-electron chi connectivity index (χ2n) is 3.43. The van der Waals surface area contributed by atoms with Crippen LogP contribution in [0.5, 0.6) is 0 Å². The molecule has 6 heteroatoms. The molecule has 0 saturated carbocycles. The van der Waals surface area contributed by atoms with E-state index in [0.717, 1.165) is 8.04 Å². The Kier molecular flexibility index (Phi) is 4.28. The van der Waals surface area contributed by atoms with Crippen molar-refractivity contribution >= 4 is 50.1 Å². The molecule has 1 aromatic carbocycles. The Morgan fingerprint density at radius 3 is 2.78 bits per heavy atom. The van der Waals surface area contributed by atoms with E-state index >= 15 is 0 Å². The van der Waals surface area contributed by atoms with Crippen molar-refractivity contribution in [1.82, 2.24) is 4.98 Å². The van der Waals surface area contributed by atoms with Crippen LogP contribution in [0.1, 0.15) is 10.5 Å². The van der Waals surface area contributed by atoms with Crippen molar-refractivity contribution < 1.29 is 9.18 Å². The maximum absolute atomic E-state index is 12.9. The first kappa shape index (κ1) is 13.4. The quantitative estimate of drug-likeness (QED) is 0.592. The van der Waals surface area contributed by atoms with Gasteiger partial charge in [0.1, 0.15) is 5.69 Å². The van der Waals surface area contributed by atoms with Gasteiger partial charge in [-0.25, -0.2) is 4.98 Å². The van der Waals surface area contributed by atoms with Crippen LogP contribution in [0.2, 0.25) is 0 Å². The second kappa shape index (κ2) is 5.75. The van der Waals surface area contributed by atoms with Crippen LogP contribution in [0, 0.1) is 9.52 Å². The molecule has 2 aromatic rings. The molecule has 92 valence electrons. The van der Waals surface area contributed by atoms with E-state index in [1.54, 1.807) is 6.07 Å². The SMILES string of the molecule is O=C(Nc1ccc(Br)c(I)c1)c1cccc(F)n1. The molecular weight excluding hydrogens is 414 g/mol. The van der Waals surface area contributed by atoms with Gasteiger partial charge in [0.15, 0.2) is 0 Å². The van der Waals surface area contributed by atoms with E-state index in [9.17, 15) is 9.18 Å². The van der Waals surface area contributed by atoms with Gasteiger partial charge in [-0.3, -0.25) is 4.79 Å². The lowest BCUT2D eigenvalue weighted by Crippen LogP contribution is -2.14. The summed E-state index contributed by atoms with van der Waals surface area (Å²) in [4.78, 5) is 15.3. The molecule has 0 bridgehead atoms. The number of hydrogen-bond donors (Lipinski definition) is 1. The molecule has 0 radical (unpaired) electrons. The summed E-state index contributed by atoms with van der Waals surface area (Å²) in [6.45, 7) is 0. The maximum atomic E-state index is 12.9. The summed E-state index contributed by atoms with van der Waals surface area (Å²) < 4.78 is 14.8. The third-order valence-corrected chi connectivity index (χ3v) is 4.45. The normalized spacial score (nSPS) is 10.2. The number of anilines is 1. The van der Waals surface area contributed by atoms with E-state index in [0.29, 0.717) is 5.69 Å². The molecule has 0 aliphatic heterocycles. The van der Waals surface area contributed by atoms with Crippen LogP contribution in [0.15, 0.2) is 40.9 Å². The first-order valence-corrected chi connectivity index (χ1v) is 6.82. The monoisotopic (exact) mass is 420 g/mol. The van der Waals surface area contributed by atoms with Crippen molar-refractivity contribution in [3.63, 3.8) is 0 Å². The van der Waals surface area contributed by atoms with Crippen molar-refractivity contribution in [1.29, 1.82) is 0 Å². The summed E-state index contributed by atoms with van der Waals surface area (Å²) in [6, 6.07) is 9.49. The van der Waals surface area contributed by atoms with Gasteiger partial charge in [0.05, 0.1) is 0 Å². The molecule has 1 amide bonds. The number of nitrogens with one attached hydrogen (secondary N) is 1. The molecule has 0 fully saturated rings. The number of aromatic nitrogens is 1. The zero-order valence-electron chi connectivity index (χ0n) is 8.95. The molecule has 0 aliphatic carbocycles. The van der Waals surface area contributed by atoms with Crippen molar-refractivity contribution in [2.24, 2.45) is 0 Å². The Morgan fingerprint density at radius 2 is 2.11 bits per heavy atom. The molecule has 0 spiro atoms. The summed E-state index contributed by atoms with van der Waals surface area (Å²) in [5.74, 6) is -1.11. The van der Waals surface area contributed by atoms with E-state index in [-0.39, 0.29) is 5.69 Å². The molecule has 2 rings (SSSR count). The van der Waals surface area contributed by atoms with E-state index in [2.05, 4.69) is 48.8 Å². The lowest BCUT2D eigenvalue weighted by Gasteiger charge is -2.06. The number of halogens is 3. The summed E-state index contributed by atoms with van der Waals surface area (Å²) in [7, 11) is 0. The van der Waals surface area contributed by atoms with E-state index in [1.165, 1.54) is 18.2 Å². The van der Waals surface area contributed by atoms with Crippen LogP contribution in [0.4, 0.5) is 10.1 Å². The summed E-state index contributed by atoms with van der Waals surface area (Å²) in [5.41, 5.74) is 0.687. The number of carbonyl (C=O) groups excluding carboxylic acids is 1. The molecule has 3 nitrogen and oxygen atoms in total. The number of benzene rings is 1. The van der Waals surface area contributed by atoms with Crippen LogP contribution < -0.4 is 5.32 Å². The van der Waals surface area contributed by atoms with Crippen LogP contribution in [-0.4, -0.2) is 10.9 Å². The van der Waals surface area contributed by atoms with Gasteiger partial charge in [-0.1, -0.05) is 6.07 Å². The predicted octanol–water partition coefficient (Wildman–Crippen LogP) is 3.84. The Labute approximate surface area is 125 Å². The fourth-order valence-electron chi connectivity index (χ4n) is 1.30. The van der Waals surface area contributed by atoms with Crippen molar-refractivity contribution in [2.75, 3.05) is 5.32 Å². The average Bonchev–Trinajstić information content (AvgIpc) is 2.34. The fourth-order valence-corrected chi connectivity index (χ4v) is 2.07. The van der Waals surface area contributed by atoms with Crippen molar-refractivity contribution in [3.8, 4) is 0 Å². The first-order valence-electron chi connectivity index (χ1n) is 4.95. The van der Waals surface area contributed by atoms with Crippen LogP contribution >= 0.6 is 38.5 Å². The molecule has 1 heterocycles. The summed E-state index contributed by atoms with van der Waals surface area (Å²) in [6.07, 6.45) is 0. The third-order valence-electron chi connectivity index (χ3n) is 2.13. The molecule has 0 atom stereocenters. The van der Waals surface area contributed by atoms with Gasteiger partial charge in [0, 0.05) is 13.7 Å². The zero-order chi connectivity index (χ0) is 13.1. The Hall–Kier alpha value is -1.02. The summed E-state index contributed by atoms with van der Waals surface area (Å²) >= 11 is 5.51. The van der Waals surface area contributed by atoms with E-state index < -0.39 is 11.9 Å². The molecule has 0 unspecified atom stereocenters. The molecule has 18 heavy (non-hydrogen) atoms. The van der Waals surface area contributed by atoms with Crippen LogP contribution in [0.3, 0.4) is 0 Å². The summed E-state index contributed by atoms with van der Waals surface area (Å²) in [5, 5.41) is 2.66. The van der Waals surface area contributed by atoms with E-state index in [4.69, 9.17) is 0 Å². The Bertz CT molecular complexity index is 606. The molecule has 1 N–H and O–H groups in total. The standard InChI is InChI=1S/C12H7BrFIN2O/c13-8-5-4-7(6-9(8)15)16-12(18)10-2-1-3-11(14)17-10/h1-6H,(H,16,18). The molecular formula is C12H7BrFIN2O. The lowest BCUT2D eigenvalue weighted by atomic mass is 10.3. The number of nitrogens with zero attached hydrogens (tertiary/aromatic N) is 1. The number of hydrogen-bond acceptors (Lipinski definition) is 2. The van der Waals surface area contributed by atoms with Gasteiger partial charge in [0.2, 0.25) is 5.95 Å². The highest BCUT2D eigenvalue weighted by molar-refractivity contribution is 14.1. The molecule has 0 aliphatic rings. The first-order chi connectivity index (χ1) is 8.56. The molecule has 1 aromatic heterocycles. The Morgan fingerprint density at radius 1 is 1.33 bits per heavy atom. The minimum atomic E-state index is -0.673. The van der Waals surface area contributed by atoms with Gasteiger partial charge in [-0.2, -0.15) is 4.39 Å². The highest BCUT2D eigenvalue weighted by Crippen LogP contribution is 2.22. The average molecular weight is 421 g/mol. The smallest absolute Gasteiger partial charge is 0.274 e.